The molecule has 0 aliphatic heterocycles. The maximum absolute atomic E-state index is 9.76. The maximum Gasteiger partial charge on any atom is 0.145 e. The number of anilines is 3. The van der Waals surface area contributed by atoms with E-state index in [-0.39, 0.29) is 16.8 Å². The molecule has 3 heteroatoms. The molecule has 0 spiro atoms. The van der Waals surface area contributed by atoms with Crippen LogP contribution in [0.2, 0.25) is 0 Å². The molecule has 0 fully saturated rings. The summed E-state index contributed by atoms with van der Waals surface area (Å²) in [6.45, 7) is 0. The van der Waals surface area contributed by atoms with E-state index >= 15 is 0 Å². The van der Waals surface area contributed by atoms with E-state index < -0.39 is 142 Å². The first kappa shape index (κ1) is 19.3. The van der Waals surface area contributed by atoms with Gasteiger partial charge in [-0.3, -0.25) is 0 Å². The maximum atomic E-state index is 9.76. The minimum Gasteiger partial charge on any atom is -0.455 e. The zero-order chi connectivity index (χ0) is 53.4. The van der Waals surface area contributed by atoms with Crippen molar-refractivity contribution in [3.63, 3.8) is 0 Å². The molecular formula is C54H36N2O. The highest BCUT2D eigenvalue weighted by Gasteiger charge is 2.24. The van der Waals surface area contributed by atoms with E-state index in [1.807, 2.05) is 72.8 Å². The minimum absolute atomic E-state index is 0.0475. The summed E-state index contributed by atoms with van der Waals surface area (Å²) in [7, 11) is 0. The van der Waals surface area contributed by atoms with Gasteiger partial charge in [-0.1, -0.05) is 151 Å². The van der Waals surface area contributed by atoms with Gasteiger partial charge in [0.05, 0.1) is 41.4 Å². The molecule has 0 bridgehead atoms. The molecule has 0 aliphatic carbocycles. The lowest BCUT2D eigenvalue weighted by Crippen LogP contribution is -2.11. The highest BCUT2D eigenvalue weighted by atomic mass is 16.3. The summed E-state index contributed by atoms with van der Waals surface area (Å²) in [5, 5.41) is 3.23. The van der Waals surface area contributed by atoms with Crippen molar-refractivity contribution in [2.24, 2.45) is 0 Å². The van der Waals surface area contributed by atoms with Gasteiger partial charge >= 0.3 is 0 Å². The van der Waals surface area contributed by atoms with Gasteiger partial charge in [0.15, 0.2) is 0 Å². The van der Waals surface area contributed by atoms with Gasteiger partial charge in [-0.25, -0.2) is 0 Å². The van der Waals surface area contributed by atoms with E-state index in [1.165, 1.54) is 0 Å². The third-order valence-corrected chi connectivity index (χ3v) is 9.91. The predicted octanol–water partition coefficient (Wildman–Crippen LogP) is 15.2. The fourth-order valence-electron chi connectivity index (χ4n) is 7.43. The van der Waals surface area contributed by atoms with Crippen LogP contribution in [-0.4, -0.2) is 4.57 Å². The zero-order valence-electron chi connectivity index (χ0n) is 47.7. The van der Waals surface area contributed by atoms with Crippen LogP contribution in [0.3, 0.4) is 0 Å². The Morgan fingerprint density at radius 3 is 1.54 bits per heavy atom. The number of fused-ring (bicyclic) bond motifs is 6. The Bertz CT molecular complexity index is 4010. The quantitative estimate of drug-likeness (QED) is 0.162. The van der Waals surface area contributed by atoms with Crippen LogP contribution >= 0.6 is 0 Å². The Labute approximate surface area is 356 Å². The molecule has 0 saturated carbocycles. The van der Waals surface area contributed by atoms with Gasteiger partial charge in [-0.2, -0.15) is 0 Å². The van der Waals surface area contributed by atoms with E-state index in [9.17, 15) is 11.0 Å². The number of nitrogens with zero attached hydrogens (tertiary/aromatic N) is 2. The summed E-state index contributed by atoms with van der Waals surface area (Å²) in [5.41, 5.74) is -0.0721. The van der Waals surface area contributed by atoms with Crippen LogP contribution in [0, 0.1) is 0 Å². The van der Waals surface area contributed by atoms with Crippen LogP contribution in [-0.2, 0) is 0 Å². The lowest BCUT2D eigenvalue weighted by Gasteiger charge is -2.28. The first-order chi connectivity index (χ1) is 35.8. The number of furan rings is 1. The summed E-state index contributed by atoms with van der Waals surface area (Å²) < 4.78 is 171. The Hall–Kier alpha value is -7.62. The molecule has 9 aromatic carbocycles. The van der Waals surface area contributed by atoms with Gasteiger partial charge in [0, 0.05) is 44.2 Å². The van der Waals surface area contributed by atoms with Crippen molar-refractivity contribution in [2.75, 3.05) is 4.90 Å². The predicted molar refractivity (Wildman–Crippen MR) is 239 cm³/mol. The average Bonchev–Trinajstić information content (AvgIpc) is 3.98. The van der Waals surface area contributed by atoms with Gasteiger partial charge in [0.1, 0.15) is 11.2 Å². The molecule has 57 heavy (non-hydrogen) atoms. The van der Waals surface area contributed by atoms with Gasteiger partial charge in [0.25, 0.3) is 0 Å². The summed E-state index contributed by atoms with van der Waals surface area (Å²) in [4.78, 5) is 1.04. The third-order valence-electron chi connectivity index (χ3n) is 9.91. The second-order valence-corrected chi connectivity index (χ2v) is 13.1. The van der Waals surface area contributed by atoms with Crippen molar-refractivity contribution in [3.05, 3.63) is 218 Å². The molecule has 0 aliphatic rings. The fraction of sp³-hybridized carbons (Fsp3) is 0. The Morgan fingerprint density at radius 2 is 0.947 bits per heavy atom. The largest absolute Gasteiger partial charge is 0.455 e. The van der Waals surface area contributed by atoms with Gasteiger partial charge < -0.3 is 13.9 Å². The van der Waals surface area contributed by atoms with Crippen LogP contribution < -0.4 is 4.90 Å². The molecule has 2 aromatic heterocycles. The number of para-hydroxylation sites is 3. The van der Waals surface area contributed by atoms with Crippen LogP contribution in [0.15, 0.2) is 222 Å². The van der Waals surface area contributed by atoms with E-state index in [1.54, 1.807) is 36.4 Å². The highest BCUT2D eigenvalue weighted by Crippen LogP contribution is 2.47. The normalized spacial score (nSPS) is 15.9. The summed E-state index contributed by atoms with van der Waals surface area (Å²) >= 11 is 0. The molecule has 0 N–H and O–H groups in total. The zero-order valence-corrected chi connectivity index (χ0v) is 29.7. The monoisotopic (exact) mass is 746 g/mol. The molecule has 0 saturated heterocycles. The number of benzene rings is 9. The number of aromatic nitrogens is 1. The van der Waals surface area contributed by atoms with Crippen LogP contribution in [0.25, 0.3) is 82.8 Å². The van der Waals surface area contributed by atoms with Crippen molar-refractivity contribution in [1.82, 2.24) is 4.57 Å². The minimum atomic E-state index is -0.876. The van der Waals surface area contributed by atoms with Crippen LogP contribution in [0.1, 0.15) is 24.7 Å². The first-order valence-corrected chi connectivity index (χ1v) is 18.0. The Balaban J connectivity index is 1.29. The molecule has 2 heterocycles. The van der Waals surface area contributed by atoms with E-state index in [0.717, 1.165) is 26.7 Å². The standard InChI is InChI=1S/C54H36N2O/c1-3-14-37(15-4-1)39-26-30-42(31-27-39)55(43-32-28-40(29-33-43)38-16-5-2-6-17-38)51-35-34-48-47-22-9-12-25-52(47)57-54(48)53(51)41-18-13-19-44(36-41)56-49-23-10-7-20-45(49)46-21-8-11-24-50(46)56/h1-36H/i1D,2D,3D,4D,5D,6D,14D,15D,16D,17D,26D,27D,28D,29D,30D,31D,32D,33D. The number of hydrogen-bond donors (Lipinski definition) is 0. The summed E-state index contributed by atoms with van der Waals surface area (Å²) in [6.07, 6.45) is 0. The second kappa shape index (κ2) is 13.6. The summed E-state index contributed by atoms with van der Waals surface area (Å²) in [5.74, 6) is 0. The van der Waals surface area contributed by atoms with Crippen molar-refractivity contribution >= 4 is 60.8 Å². The smallest absolute Gasteiger partial charge is 0.145 e. The molecule has 0 atom stereocenters. The fourth-order valence-corrected chi connectivity index (χ4v) is 7.43. The van der Waals surface area contributed by atoms with Crippen molar-refractivity contribution in [2.45, 2.75) is 0 Å². The third kappa shape index (κ3) is 5.60. The SMILES string of the molecule is [2H]c1c([2H])c([2H])c(-c2c([2H])c([2H])c(N(c3ccc4c(oc5ccccc54)c3-c3cccc(-n4c5ccccc5c5ccccc54)c3)c3c([2H])c([2H])c(-c4c([2H])c([2H])c([2H])c([2H])c4[2H])c([2H])c3[2H])c([2H])c2[2H])c([2H])c1[2H]. The van der Waals surface area contributed by atoms with Crippen LogP contribution in [0.4, 0.5) is 17.1 Å². The highest BCUT2D eigenvalue weighted by molar-refractivity contribution is 6.14. The first-order valence-electron chi connectivity index (χ1n) is 27.0. The van der Waals surface area contributed by atoms with Gasteiger partial charge in [-0.05, 0) is 94.5 Å². The Morgan fingerprint density at radius 1 is 0.421 bits per heavy atom. The lowest BCUT2D eigenvalue weighted by molar-refractivity contribution is 0.670. The molecule has 11 aromatic rings. The van der Waals surface area contributed by atoms with E-state index in [2.05, 4.69) is 4.57 Å². The average molecular weight is 747 g/mol. The van der Waals surface area contributed by atoms with Crippen LogP contribution in [0.5, 0.6) is 0 Å². The van der Waals surface area contributed by atoms with E-state index in [4.69, 9.17) is 18.1 Å². The molecule has 0 unspecified atom stereocenters. The van der Waals surface area contributed by atoms with Crippen molar-refractivity contribution in [3.8, 4) is 39.1 Å². The van der Waals surface area contributed by atoms with Gasteiger partial charge in [-0.15, -0.1) is 0 Å². The summed E-state index contributed by atoms with van der Waals surface area (Å²) in [6, 6.07) is 18.7. The number of rotatable bonds is 7. The Kier molecular flexibility index (Phi) is 4.60. The van der Waals surface area contributed by atoms with E-state index in [0.29, 0.717) is 27.6 Å². The molecule has 3 nitrogen and oxygen atoms in total. The topological polar surface area (TPSA) is 21.3 Å². The van der Waals surface area contributed by atoms with Gasteiger partial charge in [0.2, 0.25) is 0 Å². The molecule has 0 amide bonds. The molecule has 0 radical (unpaired) electrons. The van der Waals surface area contributed by atoms with Crippen molar-refractivity contribution in [1.29, 1.82) is 0 Å². The molecule has 268 valence electrons. The number of hydrogen-bond acceptors (Lipinski definition) is 2. The molecule has 11 rings (SSSR count). The molecular weight excluding hydrogens is 693 g/mol. The van der Waals surface area contributed by atoms with Crippen molar-refractivity contribution < 1.29 is 29.1 Å². The lowest BCUT2D eigenvalue weighted by atomic mass is 9.97. The second-order valence-electron chi connectivity index (χ2n) is 13.1.